The number of aromatic nitrogens is 2. The largest absolute Gasteiger partial charge is 0.338 e. The molecule has 0 bridgehead atoms. The predicted molar refractivity (Wildman–Crippen MR) is 50.5 cm³/mol. The van der Waals surface area contributed by atoms with Gasteiger partial charge in [-0.25, -0.2) is 4.98 Å². The Balaban J connectivity index is 2.79. The van der Waals surface area contributed by atoms with Crippen LogP contribution in [0, 0.1) is 13.8 Å². The fourth-order valence-electron chi connectivity index (χ4n) is 1.21. The molecular weight excluding hydrogens is 150 g/mol. The number of unbranched alkanes of at least 4 members (excludes halogenated alkanes) is 1. The highest BCUT2D eigenvalue weighted by Gasteiger charge is 2.06. The van der Waals surface area contributed by atoms with Gasteiger partial charge in [-0.1, -0.05) is 13.3 Å². The second-order valence-corrected chi connectivity index (χ2v) is 3.17. The van der Waals surface area contributed by atoms with Crippen LogP contribution in [-0.4, -0.2) is 9.66 Å². The van der Waals surface area contributed by atoms with Gasteiger partial charge in [0, 0.05) is 6.42 Å². The van der Waals surface area contributed by atoms with Crippen molar-refractivity contribution in [3.8, 4) is 0 Å². The van der Waals surface area contributed by atoms with Crippen molar-refractivity contribution < 1.29 is 0 Å². The summed E-state index contributed by atoms with van der Waals surface area (Å²) in [6, 6.07) is 0. The molecular formula is C9H17N3. The van der Waals surface area contributed by atoms with Gasteiger partial charge in [-0.05, 0) is 20.3 Å². The van der Waals surface area contributed by atoms with E-state index in [1.165, 1.54) is 6.42 Å². The van der Waals surface area contributed by atoms with Gasteiger partial charge in [0.05, 0.1) is 11.4 Å². The highest BCUT2D eigenvalue weighted by Crippen LogP contribution is 2.08. The van der Waals surface area contributed by atoms with E-state index >= 15 is 0 Å². The summed E-state index contributed by atoms with van der Waals surface area (Å²) in [5.41, 5.74) is 2.12. The minimum absolute atomic E-state index is 0.988. The molecule has 0 atom stereocenters. The monoisotopic (exact) mass is 167 g/mol. The van der Waals surface area contributed by atoms with Gasteiger partial charge >= 0.3 is 0 Å². The summed E-state index contributed by atoms with van der Waals surface area (Å²) in [5.74, 6) is 6.80. The molecule has 1 heterocycles. The quantitative estimate of drug-likeness (QED) is 0.694. The lowest BCUT2D eigenvalue weighted by atomic mass is 10.2. The molecule has 12 heavy (non-hydrogen) atoms. The van der Waals surface area contributed by atoms with Crippen LogP contribution in [0.3, 0.4) is 0 Å². The zero-order valence-corrected chi connectivity index (χ0v) is 8.09. The van der Waals surface area contributed by atoms with Crippen molar-refractivity contribution >= 4 is 0 Å². The normalized spacial score (nSPS) is 10.6. The fraction of sp³-hybridized carbons (Fsp3) is 0.667. The van der Waals surface area contributed by atoms with Crippen LogP contribution >= 0.6 is 0 Å². The summed E-state index contributed by atoms with van der Waals surface area (Å²) in [6.07, 6.45) is 3.33. The third-order valence-corrected chi connectivity index (χ3v) is 2.21. The van der Waals surface area contributed by atoms with Crippen LogP contribution in [0.25, 0.3) is 0 Å². The number of nitrogens with two attached hydrogens (primary N) is 1. The van der Waals surface area contributed by atoms with Crippen LogP contribution in [0.4, 0.5) is 0 Å². The van der Waals surface area contributed by atoms with Crippen LogP contribution < -0.4 is 5.84 Å². The van der Waals surface area contributed by atoms with Crippen molar-refractivity contribution in [2.75, 3.05) is 5.84 Å². The summed E-state index contributed by atoms with van der Waals surface area (Å²) >= 11 is 0. The molecule has 0 aliphatic heterocycles. The molecule has 3 heteroatoms. The Kier molecular flexibility index (Phi) is 2.74. The molecule has 1 rings (SSSR count). The molecule has 2 N–H and O–H groups in total. The van der Waals surface area contributed by atoms with Gasteiger partial charge < -0.3 is 5.84 Å². The maximum Gasteiger partial charge on any atom is 0.127 e. The molecule has 0 radical (unpaired) electrons. The highest BCUT2D eigenvalue weighted by molar-refractivity contribution is 5.14. The van der Waals surface area contributed by atoms with Crippen LogP contribution in [0.15, 0.2) is 0 Å². The first-order valence-electron chi connectivity index (χ1n) is 4.46. The van der Waals surface area contributed by atoms with Crippen molar-refractivity contribution in [3.63, 3.8) is 0 Å². The summed E-state index contributed by atoms with van der Waals surface area (Å²) in [5, 5.41) is 0. The maximum absolute atomic E-state index is 5.80. The highest BCUT2D eigenvalue weighted by atomic mass is 15.3. The topological polar surface area (TPSA) is 43.8 Å². The van der Waals surface area contributed by atoms with Crippen molar-refractivity contribution in [3.05, 3.63) is 17.2 Å². The third-order valence-electron chi connectivity index (χ3n) is 2.21. The Labute approximate surface area is 73.6 Å². The van der Waals surface area contributed by atoms with Crippen molar-refractivity contribution in [1.82, 2.24) is 9.66 Å². The lowest BCUT2D eigenvalue weighted by Gasteiger charge is -2.00. The number of hydrogen-bond acceptors (Lipinski definition) is 2. The van der Waals surface area contributed by atoms with Gasteiger partial charge in [-0.3, -0.25) is 4.68 Å². The van der Waals surface area contributed by atoms with Gasteiger partial charge in [-0.15, -0.1) is 0 Å². The van der Waals surface area contributed by atoms with E-state index in [2.05, 4.69) is 11.9 Å². The molecule has 0 amide bonds. The van der Waals surface area contributed by atoms with Crippen molar-refractivity contribution in [2.24, 2.45) is 0 Å². The Hall–Kier alpha value is -0.990. The minimum atomic E-state index is 0.988. The van der Waals surface area contributed by atoms with Crippen molar-refractivity contribution in [2.45, 2.75) is 40.0 Å². The Morgan fingerprint density at radius 3 is 2.50 bits per heavy atom. The number of nitrogens with zero attached hydrogens (tertiary/aromatic N) is 2. The van der Waals surface area contributed by atoms with E-state index in [1.54, 1.807) is 4.68 Å². The van der Waals surface area contributed by atoms with E-state index < -0.39 is 0 Å². The SMILES string of the molecule is CCCCc1nc(C)c(C)n1N. The molecule has 0 aliphatic carbocycles. The van der Waals surface area contributed by atoms with Crippen LogP contribution in [0.2, 0.25) is 0 Å². The van der Waals surface area contributed by atoms with Crippen molar-refractivity contribution in [1.29, 1.82) is 0 Å². The average molecular weight is 167 g/mol. The summed E-state index contributed by atoms with van der Waals surface area (Å²) < 4.78 is 1.70. The van der Waals surface area contributed by atoms with Gasteiger partial charge in [0.1, 0.15) is 5.82 Å². The fourth-order valence-corrected chi connectivity index (χ4v) is 1.21. The molecule has 0 saturated heterocycles. The standard InChI is InChI=1S/C9H17N3/c1-4-5-6-9-11-7(2)8(3)12(9)10/h4-6,10H2,1-3H3. The van der Waals surface area contributed by atoms with Gasteiger partial charge in [0.2, 0.25) is 0 Å². The zero-order valence-electron chi connectivity index (χ0n) is 8.09. The number of imidazole rings is 1. The smallest absolute Gasteiger partial charge is 0.127 e. The molecule has 0 aromatic carbocycles. The molecule has 1 aromatic heterocycles. The lowest BCUT2D eigenvalue weighted by molar-refractivity contribution is 0.723. The number of hydrogen-bond donors (Lipinski definition) is 1. The summed E-state index contributed by atoms with van der Waals surface area (Å²) in [4.78, 5) is 4.39. The minimum Gasteiger partial charge on any atom is -0.338 e. The number of nitrogen functional groups attached to an aromatic ring is 1. The van der Waals surface area contributed by atoms with E-state index in [1.807, 2.05) is 13.8 Å². The van der Waals surface area contributed by atoms with Crippen LogP contribution in [0.5, 0.6) is 0 Å². The first-order valence-corrected chi connectivity index (χ1v) is 4.46. The average Bonchev–Trinajstić information content (AvgIpc) is 2.30. The summed E-state index contributed by atoms with van der Waals surface area (Å²) in [7, 11) is 0. The van der Waals surface area contributed by atoms with E-state index in [4.69, 9.17) is 5.84 Å². The van der Waals surface area contributed by atoms with Crippen LogP contribution in [0.1, 0.15) is 37.0 Å². The maximum atomic E-state index is 5.80. The van der Waals surface area contributed by atoms with E-state index in [0.717, 1.165) is 30.1 Å². The molecule has 3 nitrogen and oxygen atoms in total. The van der Waals surface area contributed by atoms with Gasteiger partial charge in [0.25, 0.3) is 0 Å². The van der Waals surface area contributed by atoms with Gasteiger partial charge in [0.15, 0.2) is 0 Å². The molecule has 1 aromatic rings. The summed E-state index contributed by atoms with van der Waals surface area (Å²) in [6.45, 7) is 6.16. The second kappa shape index (κ2) is 3.61. The van der Waals surface area contributed by atoms with E-state index in [-0.39, 0.29) is 0 Å². The first-order chi connectivity index (χ1) is 5.66. The van der Waals surface area contributed by atoms with Crippen LogP contribution in [-0.2, 0) is 6.42 Å². The molecule has 68 valence electrons. The number of aryl methyl sites for hydroxylation is 2. The zero-order chi connectivity index (χ0) is 9.14. The van der Waals surface area contributed by atoms with E-state index in [0.29, 0.717) is 0 Å². The molecule has 0 saturated carbocycles. The second-order valence-electron chi connectivity index (χ2n) is 3.17. The van der Waals surface area contributed by atoms with E-state index in [9.17, 15) is 0 Å². The lowest BCUT2D eigenvalue weighted by Crippen LogP contribution is -2.14. The third kappa shape index (κ3) is 1.60. The molecule has 0 aliphatic rings. The predicted octanol–water partition coefficient (Wildman–Crippen LogP) is 1.56. The number of rotatable bonds is 3. The van der Waals surface area contributed by atoms with Gasteiger partial charge in [-0.2, -0.15) is 0 Å². The Morgan fingerprint density at radius 2 is 2.08 bits per heavy atom. The first kappa shape index (κ1) is 9.10. The Bertz CT molecular complexity index is 263. The Morgan fingerprint density at radius 1 is 1.42 bits per heavy atom. The molecule has 0 spiro atoms. The molecule has 0 unspecified atom stereocenters. The molecule has 0 fully saturated rings.